The quantitative estimate of drug-likeness (QED) is 0.542. The third kappa shape index (κ3) is 5.23. The summed E-state index contributed by atoms with van der Waals surface area (Å²) in [7, 11) is 0. The van der Waals surface area contributed by atoms with Gasteiger partial charge in [0.15, 0.2) is 11.5 Å². The highest BCUT2D eigenvalue weighted by atomic mass is 32.2. The van der Waals surface area contributed by atoms with Crippen LogP contribution in [-0.2, 0) is 0 Å². The highest BCUT2D eigenvalue weighted by molar-refractivity contribution is 7.99. The number of hydrazine groups is 1. The SMILES string of the molecule is CCOc1ccc(C(CSC(C)C)NN)cc1OCC. The average molecular weight is 298 g/mol. The Morgan fingerprint density at radius 1 is 1.15 bits per heavy atom. The average Bonchev–Trinajstić information content (AvgIpc) is 2.42. The molecule has 0 aliphatic carbocycles. The van der Waals surface area contributed by atoms with Crippen LogP contribution in [-0.4, -0.2) is 24.2 Å². The highest BCUT2D eigenvalue weighted by Crippen LogP contribution is 2.31. The Hall–Kier alpha value is -0.910. The van der Waals surface area contributed by atoms with E-state index in [-0.39, 0.29) is 6.04 Å². The minimum absolute atomic E-state index is 0.109. The second kappa shape index (κ2) is 9.10. The van der Waals surface area contributed by atoms with Crippen LogP contribution in [0.3, 0.4) is 0 Å². The number of thioether (sulfide) groups is 1. The van der Waals surface area contributed by atoms with E-state index in [4.69, 9.17) is 15.3 Å². The van der Waals surface area contributed by atoms with Crippen molar-refractivity contribution in [1.82, 2.24) is 5.43 Å². The molecule has 1 aromatic carbocycles. The first-order valence-electron chi connectivity index (χ1n) is 7.09. The van der Waals surface area contributed by atoms with Gasteiger partial charge in [0.2, 0.25) is 0 Å². The van der Waals surface area contributed by atoms with Crippen LogP contribution in [0, 0.1) is 0 Å². The van der Waals surface area contributed by atoms with Crippen LogP contribution in [0.2, 0.25) is 0 Å². The second-order valence-corrected chi connectivity index (χ2v) is 6.28. The van der Waals surface area contributed by atoms with Crippen LogP contribution in [0.4, 0.5) is 0 Å². The van der Waals surface area contributed by atoms with E-state index in [1.54, 1.807) is 0 Å². The molecule has 0 aliphatic rings. The van der Waals surface area contributed by atoms with Crippen LogP contribution in [0.25, 0.3) is 0 Å². The zero-order valence-corrected chi connectivity index (χ0v) is 13.6. The first-order valence-corrected chi connectivity index (χ1v) is 8.14. The highest BCUT2D eigenvalue weighted by Gasteiger charge is 2.14. The van der Waals surface area contributed by atoms with E-state index in [1.807, 2.05) is 43.8 Å². The standard InChI is InChI=1S/C15H26N2O2S/c1-5-18-14-8-7-12(9-15(14)19-6-2)13(17-16)10-20-11(3)4/h7-9,11,13,17H,5-6,10,16H2,1-4H3. The van der Waals surface area contributed by atoms with E-state index < -0.39 is 0 Å². The first-order chi connectivity index (χ1) is 9.62. The number of ether oxygens (including phenoxy) is 2. The number of benzene rings is 1. The van der Waals surface area contributed by atoms with Gasteiger partial charge in [0.25, 0.3) is 0 Å². The molecule has 0 fully saturated rings. The summed E-state index contributed by atoms with van der Waals surface area (Å²) < 4.78 is 11.2. The molecule has 0 aromatic heterocycles. The van der Waals surface area contributed by atoms with Crippen molar-refractivity contribution < 1.29 is 9.47 Å². The topological polar surface area (TPSA) is 56.5 Å². The molecule has 20 heavy (non-hydrogen) atoms. The molecule has 3 N–H and O–H groups in total. The molecule has 0 saturated heterocycles. The van der Waals surface area contributed by atoms with Crippen molar-refractivity contribution in [3.63, 3.8) is 0 Å². The molecule has 5 heteroatoms. The minimum Gasteiger partial charge on any atom is -0.490 e. The number of hydrogen-bond donors (Lipinski definition) is 2. The second-order valence-electron chi connectivity index (χ2n) is 4.67. The monoisotopic (exact) mass is 298 g/mol. The molecule has 4 nitrogen and oxygen atoms in total. The van der Waals surface area contributed by atoms with Gasteiger partial charge in [0.1, 0.15) is 0 Å². The maximum absolute atomic E-state index is 5.68. The number of hydrogen-bond acceptors (Lipinski definition) is 5. The summed E-state index contributed by atoms with van der Waals surface area (Å²) in [5, 5.41) is 0.583. The van der Waals surface area contributed by atoms with Crippen LogP contribution >= 0.6 is 11.8 Å². The largest absolute Gasteiger partial charge is 0.490 e. The van der Waals surface area contributed by atoms with E-state index in [9.17, 15) is 0 Å². The lowest BCUT2D eigenvalue weighted by molar-refractivity contribution is 0.287. The Kier molecular flexibility index (Phi) is 7.80. The van der Waals surface area contributed by atoms with E-state index in [0.717, 1.165) is 22.8 Å². The molecule has 114 valence electrons. The van der Waals surface area contributed by atoms with E-state index in [0.29, 0.717) is 18.5 Å². The van der Waals surface area contributed by atoms with Crippen molar-refractivity contribution in [2.75, 3.05) is 19.0 Å². The van der Waals surface area contributed by atoms with Crippen LogP contribution in [0.15, 0.2) is 18.2 Å². The van der Waals surface area contributed by atoms with Gasteiger partial charge in [0, 0.05) is 5.75 Å². The maximum Gasteiger partial charge on any atom is 0.161 e. The summed E-state index contributed by atoms with van der Waals surface area (Å²) in [6.07, 6.45) is 0. The molecule has 0 heterocycles. The third-order valence-corrected chi connectivity index (χ3v) is 3.96. The Morgan fingerprint density at radius 2 is 1.80 bits per heavy atom. The number of rotatable bonds is 9. The smallest absolute Gasteiger partial charge is 0.161 e. The van der Waals surface area contributed by atoms with Gasteiger partial charge in [-0.25, -0.2) is 0 Å². The predicted octanol–water partition coefficient (Wildman–Crippen LogP) is 3.13. The molecular formula is C15H26N2O2S. The molecule has 0 amide bonds. The predicted molar refractivity (Wildman–Crippen MR) is 86.4 cm³/mol. The van der Waals surface area contributed by atoms with Crippen LogP contribution < -0.4 is 20.7 Å². The molecule has 0 saturated carbocycles. The lowest BCUT2D eigenvalue weighted by atomic mass is 10.1. The Labute approximate surface area is 126 Å². The molecule has 0 radical (unpaired) electrons. The van der Waals surface area contributed by atoms with E-state index in [2.05, 4.69) is 19.3 Å². The van der Waals surface area contributed by atoms with E-state index >= 15 is 0 Å². The Morgan fingerprint density at radius 3 is 2.35 bits per heavy atom. The van der Waals surface area contributed by atoms with Crippen LogP contribution in [0.1, 0.15) is 39.3 Å². The zero-order valence-electron chi connectivity index (χ0n) is 12.8. The van der Waals surface area contributed by atoms with Crippen molar-refractivity contribution in [2.24, 2.45) is 5.84 Å². The van der Waals surface area contributed by atoms with Crippen molar-refractivity contribution in [3.8, 4) is 11.5 Å². The lowest BCUT2D eigenvalue weighted by Gasteiger charge is -2.19. The van der Waals surface area contributed by atoms with Gasteiger partial charge in [0.05, 0.1) is 19.3 Å². The van der Waals surface area contributed by atoms with Crippen molar-refractivity contribution >= 4 is 11.8 Å². The van der Waals surface area contributed by atoms with Gasteiger partial charge < -0.3 is 9.47 Å². The minimum atomic E-state index is 0.109. The molecule has 0 spiro atoms. The van der Waals surface area contributed by atoms with Crippen LogP contribution in [0.5, 0.6) is 11.5 Å². The van der Waals surface area contributed by atoms with Gasteiger partial charge in [-0.3, -0.25) is 11.3 Å². The van der Waals surface area contributed by atoms with Gasteiger partial charge in [-0.05, 0) is 36.8 Å². The first kappa shape index (κ1) is 17.1. The molecular weight excluding hydrogens is 272 g/mol. The summed E-state index contributed by atoms with van der Waals surface area (Å²) in [6, 6.07) is 6.12. The third-order valence-electron chi connectivity index (χ3n) is 2.77. The lowest BCUT2D eigenvalue weighted by Crippen LogP contribution is -2.30. The molecule has 0 bridgehead atoms. The summed E-state index contributed by atoms with van der Waals surface area (Å²) >= 11 is 1.88. The molecule has 1 atom stereocenters. The fourth-order valence-electron chi connectivity index (χ4n) is 1.81. The number of nitrogens with two attached hydrogens (primary N) is 1. The summed E-state index contributed by atoms with van der Waals surface area (Å²) in [5.74, 6) is 8.16. The number of nitrogens with one attached hydrogen (secondary N) is 1. The molecule has 1 unspecified atom stereocenters. The molecule has 1 rings (SSSR count). The normalized spacial score (nSPS) is 12.5. The fourth-order valence-corrected chi connectivity index (χ4v) is 2.68. The zero-order chi connectivity index (χ0) is 15.0. The van der Waals surface area contributed by atoms with Gasteiger partial charge >= 0.3 is 0 Å². The summed E-state index contributed by atoms with van der Waals surface area (Å²) in [6.45, 7) is 9.54. The van der Waals surface area contributed by atoms with Crippen molar-refractivity contribution in [2.45, 2.75) is 39.0 Å². The fraction of sp³-hybridized carbons (Fsp3) is 0.600. The Balaban J connectivity index is 2.89. The maximum atomic E-state index is 5.68. The van der Waals surface area contributed by atoms with E-state index in [1.165, 1.54) is 0 Å². The van der Waals surface area contributed by atoms with Crippen molar-refractivity contribution in [3.05, 3.63) is 23.8 Å². The summed E-state index contributed by atoms with van der Waals surface area (Å²) in [4.78, 5) is 0. The molecule has 0 aliphatic heterocycles. The molecule has 1 aromatic rings. The summed E-state index contributed by atoms with van der Waals surface area (Å²) in [5.41, 5.74) is 4.00. The van der Waals surface area contributed by atoms with Gasteiger partial charge in [-0.1, -0.05) is 19.9 Å². The van der Waals surface area contributed by atoms with Crippen molar-refractivity contribution in [1.29, 1.82) is 0 Å². The van der Waals surface area contributed by atoms with Gasteiger partial charge in [-0.15, -0.1) is 0 Å². The van der Waals surface area contributed by atoms with Gasteiger partial charge in [-0.2, -0.15) is 11.8 Å². The Bertz CT molecular complexity index is 399.